The molecule has 5 aliphatic heterocycles. The lowest BCUT2D eigenvalue weighted by Crippen LogP contribution is -2.70. The Morgan fingerprint density at radius 3 is 1.17 bits per heavy atom. The maximum absolute atomic E-state index is 12.3. The number of aliphatic hydroxyl groups excluding tert-OH is 14. The van der Waals surface area contributed by atoms with Crippen molar-refractivity contribution in [3.63, 3.8) is 0 Å². The standard InChI is InChI=1S/C36H61N3O26/c1-9(45)37-17-23(51)20(48)12(4-40)58-33(17)62-28-15(7-43)60-35(26(54)25(28)53)63-29-16(8-44)61-36(64-30-19(39-11(3)47)32(56)57-14(6-42)22(30)50)27(55)31(29)65-34-18(38-10(2)46)24(52)21(49)13(5-41)59-34/h12-36,40-44,48-56H,4-8H2,1-3H3,(H,37,45)(H,38,46)(H,39,47)/t12-,13-,14-,15-,16-,17+,18+,19-,20-,21+,22+,23-,24-,25-,26-,27-,28+,29+,30-,31-,32-,33+,34+,35-,36+/m1/s1. The van der Waals surface area contributed by atoms with Crippen LogP contribution in [0.3, 0.4) is 0 Å². The van der Waals surface area contributed by atoms with Crippen molar-refractivity contribution >= 4 is 17.7 Å². The summed E-state index contributed by atoms with van der Waals surface area (Å²) in [5.41, 5.74) is 0. The Labute approximate surface area is 369 Å². The summed E-state index contributed by atoms with van der Waals surface area (Å²) in [4.78, 5) is 36.4. The van der Waals surface area contributed by atoms with Gasteiger partial charge in [0.25, 0.3) is 0 Å². The van der Waals surface area contributed by atoms with Crippen molar-refractivity contribution in [3.8, 4) is 0 Å². The lowest BCUT2D eigenvalue weighted by atomic mass is 9.94. The number of amides is 3. The van der Waals surface area contributed by atoms with Gasteiger partial charge in [0.15, 0.2) is 31.5 Å². The zero-order chi connectivity index (χ0) is 48.2. The Hall–Kier alpha value is -2.51. The van der Waals surface area contributed by atoms with Crippen LogP contribution < -0.4 is 16.0 Å². The minimum absolute atomic E-state index is 0.726. The van der Waals surface area contributed by atoms with Crippen LogP contribution in [0.25, 0.3) is 0 Å². The molecule has 0 aliphatic carbocycles. The van der Waals surface area contributed by atoms with E-state index in [1.807, 2.05) is 0 Å². The van der Waals surface area contributed by atoms with Crippen LogP contribution in [0.15, 0.2) is 0 Å². The van der Waals surface area contributed by atoms with Crippen molar-refractivity contribution < 1.29 is 129 Å². The molecule has 5 aliphatic rings. The van der Waals surface area contributed by atoms with Gasteiger partial charge in [0, 0.05) is 20.8 Å². The first-order valence-corrected chi connectivity index (χ1v) is 20.6. The van der Waals surface area contributed by atoms with E-state index < -0.39 is 204 Å². The minimum atomic E-state index is -2.23. The van der Waals surface area contributed by atoms with Crippen molar-refractivity contribution in [1.82, 2.24) is 16.0 Å². The quantitative estimate of drug-likeness (QED) is 0.0683. The molecule has 5 heterocycles. The molecule has 65 heavy (non-hydrogen) atoms. The molecule has 5 fully saturated rings. The van der Waals surface area contributed by atoms with Gasteiger partial charge in [-0.2, -0.15) is 0 Å². The predicted octanol–water partition coefficient (Wildman–Crippen LogP) is -11.5. The van der Waals surface area contributed by atoms with Crippen LogP contribution in [-0.2, 0) is 57.0 Å². The highest BCUT2D eigenvalue weighted by atomic mass is 16.8. The molecule has 0 radical (unpaired) electrons. The van der Waals surface area contributed by atoms with Crippen LogP contribution in [0, 0.1) is 0 Å². The number of aliphatic hydroxyl groups is 14. The SMILES string of the molecule is CC(=O)N[C@@H]1[C@H](O[C@@H]2[C@@H](O)[C@H](O[C@H]3[C@@H](O)[C@@H](CO)O[C@@H](O)[C@@H]3NC(C)=O)O[C@H](CO)[C@@H]2O[C@H]2O[C@H](CO)[C@H](O[C@@H]3O[C@H](CO)[C@@H](O)[C@H](O)[C@@H]3NC(C)=O)[C@H](O)[C@H]2O)O[C@H](CO)[C@H](O)[C@@H]1O. The first-order chi connectivity index (χ1) is 30.7. The molecule has 29 nitrogen and oxygen atoms in total. The first-order valence-electron chi connectivity index (χ1n) is 20.6. The molecule has 0 unspecified atom stereocenters. The largest absolute Gasteiger partial charge is 0.394 e. The van der Waals surface area contributed by atoms with Gasteiger partial charge in [0.2, 0.25) is 17.7 Å². The first kappa shape index (κ1) is 53.4. The van der Waals surface area contributed by atoms with E-state index in [0.717, 1.165) is 20.8 Å². The Morgan fingerprint density at radius 1 is 0.369 bits per heavy atom. The van der Waals surface area contributed by atoms with Crippen molar-refractivity contribution in [2.24, 2.45) is 0 Å². The number of rotatable bonds is 16. The van der Waals surface area contributed by atoms with Crippen molar-refractivity contribution in [2.45, 2.75) is 174 Å². The van der Waals surface area contributed by atoms with E-state index in [2.05, 4.69) is 16.0 Å². The monoisotopic (exact) mass is 951 g/mol. The second-order valence-corrected chi connectivity index (χ2v) is 16.2. The third kappa shape index (κ3) is 11.9. The summed E-state index contributed by atoms with van der Waals surface area (Å²) in [5.74, 6) is -2.27. The summed E-state index contributed by atoms with van der Waals surface area (Å²) in [6.07, 6.45) is -41.0. The molecule has 25 atom stereocenters. The van der Waals surface area contributed by atoms with Crippen LogP contribution in [0.1, 0.15) is 20.8 Å². The summed E-state index contributed by atoms with van der Waals surface area (Å²) in [6, 6.07) is -4.80. The fourth-order valence-corrected chi connectivity index (χ4v) is 8.23. The molecule has 17 N–H and O–H groups in total. The average Bonchev–Trinajstić information content (AvgIpc) is 3.26. The Kier molecular flexibility index (Phi) is 19.1. The smallest absolute Gasteiger partial charge is 0.217 e. The Bertz CT molecular complexity index is 1560. The van der Waals surface area contributed by atoms with Gasteiger partial charge in [0.05, 0.1) is 33.0 Å². The molecule has 0 aromatic rings. The fraction of sp³-hybridized carbons (Fsp3) is 0.917. The number of nitrogens with one attached hydrogen (secondary N) is 3. The van der Waals surface area contributed by atoms with Crippen LogP contribution in [0.5, 0.6) is 0 Å². The lowest BCUT2D eigenvalue weighted by Gasteiger charge is -2.51. The van der Waals surface area contributed by atoms with E-state index in [1.54, 1.807) is 0 Å². The van der Waals surface area contributed by atoms with Gasteiger partial charge in [0.1, 0.15) is 122 Å². The van der Waals surface area contributed by atoms with Crippen LogP contribution >= 0.6 is 0 Å². The van der Waals surface area contributed by atoms with Gasteiger partial charge in [-0.3, -0.25) is 14.4 Å². The normalized spacial score (nSPS) is 47.1. The van der Waals surface area contributed by atoms with Gasteiger partial charge < -0.3 is 130 Å². The zero-order valence-corrected chi connectivity index (χ0v) is 35.1. The molecule has 376 valence electrons. The molecule has 0 aromatic carbocycles. The van der Waals surface area contributed by atoms with Crippen molar-refractivity contribution in [3.05, 3.63) is 0 Å². The van der Waals surface area contributed by atoms with Crippen LogP contribution in [0.4, 0.5) is 0 Å². The van der Waals surface area contributed by atoms with E-state index in [4.69, 9.17) is 42.6 Å². The zero-order valence-electron chi connectivity index (χ0n) is 35.1. The number of ether oxygens (including phenoxy) is 9. The predicted molar refractivity (Wildman–Crippen MR) is 201 cm³/mol. The molecule has 0 spiro atoms. The highest BCUT2D eigenvalue weighted by Crippen LogP contribution is 2.37. The fourth-order valence-electron chi connectivity index (χ4n) is 8.23. The van der Waals surface area contributed by atoms with E-state index >= 15 is 0 Å². The molecule has 0 bridgehead atoms. The Morgan fingerprint density at radius 2 is 0.723 bits per heavy atom. The maximum Gasteiger partial charge on any atom is 0.217 e. The van der Waals surface area contributed by atoms with Gasteiger partial charge in [-0.25, -0.2) is 0 Å². The molecule has 5 rings (SSSR count). The van der Waals surface area contributed by atoms with Crippen LogP contribution in [0.2, 0.25) is 0 Å². The second kappa shape index (κ2) is 23.2. The van der Waals surface area contributed by atoms with Gasteiger partial charge in [-0.05, 0) is 0 Å². The minimum Gasteiger partial charge on any atom is -0.394 e. The molecule has 3 amide bonds. The summed E-state index contributed by atoms with van der Waals surface area (Å²) in [7, 11) is 0. The summed E-state index contributed by atoms with van der Waals surface area (Å²) in [5, 5.41) is 157. The molecular formula is C36H61N3O26. The molecule has 0 aromatic heterocycles. The lowest BCUT2D eigenvalue weighted by molar-refractivity contribution is -0.395. The third-order valence-corrected chi connectivity index (χ3v) is 11.5. The molecule has 5 saturated heterocycles. The van der Waals surface area contributed by atoms with Crippen molar-refractivity contribution in [1.29, 1.82) is 0 Å². The highest BCUT2D eigenvalue weighted by molar-refractivity contribution is 5.74. The number of carbonyl (C=O) groups is 3. The van der Waals surface area contributed by atoms with Gasteiger partial charge in [-0.15, -0.1) is 0 Å². The average molecular weight is 952 g/mol. The summed E-state index contributed by atoms with van der Waals surface area (Å²) in [6.45, 7) is -1.57. The van der Waals surface area contributed by atoms with Crippen molar-refractivity contribution in [2.75, 3.05) is 33.0 Å². The number of hydrogen-bond acceptors (Lipinski definition) is 26. The second-order valence-electron chi connectivity index (χ2n) is 16.2. The van der Waals surface area contributed by atoms with E-state index in [-0.39, 0.29) is 0 Å². The van der Waals surface area contributed by atoms with E-state index in [1.165, 1.54) is 0 Å². The molecular weight excluding hydrogens is 890 g/mol. The molecule has 29 heteroatoms. The number of hydrogen-bond donors (Lipinski definition) is 17. The molecule has 0 saturated carbocycles. The number of carbonyl (C=O) groups excluding carboxylic acids is 3. The van der Waals surface area contributed by atoms with Crippen LogP contribution in [-0.4, -0.2) is 276 Å². The highest BCUT2D eigenvalue weighted by Gasteiger charge is 2.58. The van der Waals surface area contributed by atoms with Gasteiger partial charge in [-0.1, -0.05) is 0 Å². The van der Waals surface area contributed by atoms with E-state index in [0.29, 0.717) is 0 Å². The topological polar surface area (TPSA) is 454 Å². The summed E-state index contributed by atoms with van der Waals surface area (Å²) >= 11 is 0. The van der Waals surface area contributed by atoms with E-state index in [9.17, 15) is 85.9 Å². The summed E-state index contributed by atoms with van der Waals surface area (Å²) < 4.78 is 52.0. The maximum atomic E-state index is 12.3. The van der Waals surface area contributed by atoms with Gasteiger partial charge >= 0.3 is 0 Å². The third-order valence-electron chi connectivity index (χ3n) is 11.5. The Balaban J connectivity index is 1.48.